The van der Waals surface area contributed by atoms with Crippen molar-refractivity contribution in [2.45, 2.75) is 6.54 Å². The summed E-state index contributed by atoms with van der Waals surface area (Å²) in [5.74, 6) is -1.02. The van der Waals surface area contributed by atoms with Crippen LogP contribution in [0, 0.1) is 10.1 Å². The highest BCUT2D eigenvalue weighted by Crippen LogP contribution is 2.18. The summed E-state index contributed by atoms with van der Waals surface area (Å²) in [5.41, 5.74) is 1.07. The summed E-state index contributed by atoms with van der Waals surface area (Å²) in [6, 6.07) is 5.31. The minimum absolute atomic E-state index is 0.0970. The van der Waals surface area contributed by atoms with E-state index in [1.807, 2.05) is 0 Å². The Labute approximate surface area is 159 Å². The lowest BCUT2D eigenvalue weighted by atomic mass is 10.2. The summed E-state index contributed by atoms with van der Waals surface area (Å²) >= 11 is 0. The number of non-ortho nitro benzene ring substituents is 1. The van der Waals surface area contributed by atoms with E-state index in [0.717, 1.165) is 11.6 Å². The quantitative estimate of drug-likeness (QED) is 0.485. The molecule has 11 heteroatoms. The summed E-state index contributed by atoms with van der Waals surface area (Å²) in [7, 11) is 3.34. The second-order valence-corrected chi connectivity index (χ2v) is 6.00. The molecular weight excluding hydrogens is 366 g/mol. The van der Waals surface area contributed by atoms with Crippen molar-refractivity contribution < 1.29 is 14.5 Å². The Morgan fingerprint density at radius 1 is 1.18 bits per heavy atom. The average Bonchev–Trinajstić information content (AvgIpc) is 3.25. The Bertz CT molecular complexity index is 1050. The Balaban J connectivity index is 1.75. The van der Waals surface area contributed by atoms with Gasteiger partial charge in [0.2, 0.25) is 0 Å². The van der Waals surface area contributed by atoms with Crippen LogP contribution in [0.4, 0.5) is 11.4 Å². The molecule has 2 aromatic heterocycles. The Hall–Kier alpha value is -4.02. The third-order valence-corrected chi connectivity index (χ3v) is 3.93. The topological polar surface area (TPSA) is 137 Å². The molecule has 0 atom stereocenters. The van der Waals surface area contributed by atoms with E-state index in [1.54, 1.807) is 31.2 Å². The van der Waals surface area contributed by atoms with Crippen molar-refractivity contribution in [2.75, 3.05) is 5.32 Å². The molecule has 0 saturated heterocycles. The highest BCUT2D eigenvalue weighted by atomic mass is 16.6. The van der Waals surface area contributed by atoms with Crippen molar-refractivity contribution in [3.8, 4) is 0 Å². The molecule has 144 valence electrons. The second-order valence-electron chi connectivity index (χ2n) is 6.00. The first-order valence-electron chi connectivity index (χ1n) is 8.18. The fourth-order valence-corrected chi connectivity index (χ4v) is 2.58. The molecule has 0 bridgehead atoms. The molecule has 28 heavy (non-hydrogen) atoms. The van der Waals surface area contributed by atoms with E-state index >= 15 is 0 Å². The molecule has 2 amide bonds. The van der Waals surface area contributed by atoms with Crippen LogP contribution in [0.2, 0.25) is 0 Å². The van der Waals surface area contributed by atoms with Crippen molar-refractivity contribution >= 4 is 23.2 Å². The summed E-state index contributed by atoms with van der Waals surface area (Å²) in [6.45, 7) is 0.260. The van der Waals surface area contributed by atoms with E-state index in [1.165, 1.54) is 29.1 Å². The molecule has 0 saturated carbocycles. The number of hydrogen-bond donors (Lipinski definition) is 2. The number of amides is 2. The van der Waals surface area contributed by atoms with Gasteiger partial charge in [-0.2, -0.15) is 10.2 Å². The number of anilines is 1. The van der Waals surface area contributed by atoms with E-state index < -0.39 is 16.7 Å². The smallest absolute Gasteiger partial charge is 0.271 e. The van der Waals surface area contributed by atoms with Crippen LogP contribution in [-0.2, 0) is 20.6 Å². The van der Waals surface area contributed by atoms with E-state index in [2.05, 4.69) is 20.8 Å². The zero-order chi connectivity index (χ0) is 20.3. The van der Waals surface area contributed by atoms with Crippen molar-refractivity contribution in [1.82, 2.24) is 24.9 Å². The largest absolute Gasteiger partial charge is 0.346 e. The Morgan fingerprint density at radius 3 is 2.64 bits per heavy atom. The van der Waals surface area contributed by atoms with Crippen LogP contribution < -0.4 is 10.6 Å². The molecule has 3 aromatic rings. The van der Waals surface area contributed by atoms with E-state index in [4.69, 9.17) is 0 Å². The first kappa shape index (κ1) is 18.8. The SMILES string of the molecule is Cn1cc(CNC(=O)c2c(NC(=O)c3cccc([N+](=O)[O-])c3)cnn2C)cn1. The predicted octanol–water partition coefficient (Wildman–Crippen LogP) is 1.24. The fraction of sp³-hybridized carbons (Fsp3) is 0.176. The third-order valence-electron chi connectivity index (χ3n) is 3.93. The summed E-state index contributed by atoms with van der Waals surface area (Å²) in [4.78, 5) is 35.3. The molecule has 0 aliphatic heterocycles. The molecular formula is C17H17N7O4. The molecule has 1 aromatic carbocycles. The van der Waals surface area contributed by atoms with Gasteiger partial charge >= 0.3 is 0 Å². The Morgan fingerprint density at radius 2 is 1.96 bits per heavy atom. The van der Waals surface area contributed by atoms with Crippen LogP contribution in [0.25, 0.3) is 0 Å². The standard InChI is InChI=1S/C17H17N7O4/c1-22-10-11(8-19-22)7-18-17(26)15-14(9-20-23(15)2)21-16(25)12-4-3-5-13(6-12)24(27)28/h3-6,8-10H,7H2,1-2H3,(H,18,26)(H,21,25). The highest BCUT2D eigenvalue weighted by Gasteiger charge is 2.20. The zero-order valence-electron chi connectivity index (χ0n) is 15.1. The lowest BCUT2D eigenvalue weighted by Crippen LogP contribution is -2.26. The number of nitro benzene ring substituents is 1. The first-order valence-corrected chi connectivity index (χ1v) is 8.18. The first-order chi connectivity index (χ1) is 13.3. The normalized spacial score (nSPS) is 10.5. The molecule has 3 rings (SSSR count). The number of carbonyl (C=O) groups excluding carboxylic acids is 2. The van der Waals surface area contributed by atoms with Crippen LogP contribution in [0.1, 0.15) is 26.4 Å². The molecule has 0 aliphatic carbocycles. The van der Waals surface area contributed by atoms with Crippen LogP contribution in [0.5, 0.6) is 0 Å². The molecule has 11 nitrogen and oxygen atoms in total. The molecule has 0 unspecified atom stereocenters. The molecule has 0 radical (unpaired) electrons. The lowest BCUT2D eigenvalue weighted by Gasteiger charge is -2.08. The van der Waals surface area contributed by atoms with E-state index in [-0.39, 0.29) is 29.2 Å². The van der Waals surface area contributed by atoms with Crippen molar-refractivity contribution in [2.24, 2.45) is 14.1 Å². The van der Waals surface area contributed by atoms with Gasteiger partial charge in [0.05, 0.1) is 23.0 Å². The monoisotopic (exact) mass is 383 g/mol. The maximum absolute atomic E-state index is 12.5. The van der Waals surface area contributed by atoms with Gasteiger partial charge in [-0.05, 0) is 6.07 Å². The average molecular weight is 383 g/mol. The maximum Gasteiger partial charge on any atom is 0.271 e. The van der Waals surface area contributed by atoms with Gasteiger partial charge in [-0.25, -0.2) is 0 Å². The van der Waals surface area contributed by atoms with Gasteiger partial charge in [-0.1, -0.05) is 6.07 Å². The number of benzene rings is 1. The fourth-order valence-electron chi connectivity index (χ4n) is 2.58. The summed E-state index contributed by atoms with van der Waals surface area (Å²) < 4.78 is 2.96. The number of carbonyl (C=O) groups is 2. The van der Waals surface area contributed by atoms with Crippen LogP contribution in [-0.4, -0.2) is 36.3 Å². The molecule has 2 N–H and O–H groups in total. The number of aryl methyl sites for hydroxylation is 2. The summed E-state index contributed by atoms with van der Waals surface area (Å²) in [6.07, 6.45) is 4.75. The number of nitro groups is 1. The molecule has 0 aliphatic rings. The van der Waals surface area contributed by atoms with Crippen molar-refractivity contribution in [3.63, 3.8) is 0 Å². The number of hydrogen-bond acceptors (Lipinski definition) is 6. The van der Waals surface area contributed by atoms with Gasteiger partial charge in [0.1, 0.15) is 5.69 Å². The number of nitrogens with zero attached hydrogens (tertiary/aromatic N) is 5. The highest BCUT2D eigenvalue weighted by molar-refractivity contribution is 6.08. The second kappa shape index (κ2) is 7.70. The number of nitrogens with one attached hydrogen (secondary N) is 2. The van der Waals surface area contributed by atoms with Gasteiger partial charge in [0.15, 0.2) is 0 Å². The van der Waals surface area contributed by atoms with Crippen LogP contribution in [0.3, 0.4) is 0 Å². The zero-order valence-corrected chi connectivity index (χ0v) is 15.1. The minimum Gasteiger partial charge on any atom is -0.346 e. The molecule has 0 fully saturated rings. The number of aromatic nitrogens is 4. The summed E-state index contributed by atoms with van der Waals surface area (Å²) in [5, 5.41) is 24.2. The number of rotatable bonds is 6. The van der Waals surface area contributed by atoms with Crippen molar-refractivity contribution in [3.05, 3.63) is 69.8 Å². The maximum atomic E-state index is 12.5. The third kappa shape index (κ3) is 4.03. The predicted molar refractivity (Wildman–Crippen MR) is 98.6 cm³/mol. The van der Waals surface area contributed by atoms with Gasteiger partial charge in [-0.3, -0.25) is 29.1 Å². The van der Waals surface area contributed by atoms with Gasteiger partial charge in [0.25, 0.3) is 17.5 Å². The van der Waals surface area contributed by atoms with Gasteiger partial charge < -0.3 is 10.6 Å². The van der Waals surface area contributed by atoms with Gasteiger partial charge in [-0.15, -0.1) is 0 Å². The van der Waals surface area contributed by atoms with Gasteiger partial charge in [0, 0.05) is 50.1 Å². The molecule has 2 heterocycles. The Kier molecular flexibility index (Phi) is 5.16. The van der Waals surface area contributed by atoms with Crippen LogP contribution in [0.15, 0.2) is 42.9 Å². The minimum atomic E-state index is -0.585. The van der Waals surface area contributed by atoms with E-state index in [9.17, 15) is 19.7 Å². The van der Waals surface area contributed by atoms with Crippen molar-refractivity contribution in [1.29, 1.82) is 0 Å². The van der Waals surface area contributed by atoms with Crippen LogP contribution >= 0.6 is 0 Å². The lowest BCUT2D eigenvalue weighted by molar-refractivity contribution is -0.384. The van der Waals surface area contributed by atoms with E-state index in [0.29, 0.717) is 0 Å². The molecule has 0 spiro atoms.